The minimum absolute atomic E-state index is 0.213. The van der Waals surface area contributed by atoms with Crippen LogP contribution in [0.2, 0.25) is 0 Å². The molecule has 1 rings (SSSR count). The summed E-state index contributed by atoms with van der Waals surface area (Å²) >= 11 is 4.14. The van der Waals surface area contributed by atoms with Crippen molar-refractivity contribution < 1.29 is 4.74 Å². The third kappa shape index (κ3) is 1.93. The van der Waals surface area contributed by atoms with Gasteiger partial charge in [-0.05, 0) is 30.2 Å². The van der Waals surface area contributed by atoms with Crippen LogP contribution in [0.15, 0.2) is 18.2 Å². The number of rotatable bonds is 2. The first-order valence-corrected chi connectivity index (χ1v) is 4.25. The SMILES string of the molecule is COc1ccc(C(N)S)cc1C. The van der Waals surface area contributed by atoms with Gasteiger partial charge in [0.05, 0.1) is 12.5 Å². The van der Waals surface area contributed by atoms with Crippen molar-refractivity contribution in [3.63, 3.8) is 0 Å². The standard InChI is InChI=1S/C9H13NOS/c1-6-5-7(9(10)12)3-4-8(6)11-2/h3-5,9,12H,10H2,1-2H3. The normalized spacial score (nSPS) is 12.7. The Hall–Kier alpha value is -0.670. The molecule has 0 amide bonds. The molecule has 1 aromatic rings. The van der Waals surface area contributed by atoms with E-state index in [1.165, 1.54) is 0 Å². The van der Waals surface area contributed by atoms with Crippen LogP contribution in [0.4, 0.5) is 0 Å². The molecule has 1 atom stereocenters. The van der Waals surface area contributed by atoms with Gasteiger partial charge in [-0.2, -0.15) is 12.6 Å². The zero-order valence-corrected chi connectivity index (χ0v) is 8.14. The lowest BCUT2D eigenvalue weighted by Gasteiger charge is -2.08. The van der Waals surface area contributed by atoms with Crippen LogP contribution >= 0.6 is 12.6 Å². The maximum absolute atomic E-state index is 5.60. The van der Waals surface area contributed by atoms with Gasteiger partial charge in [0.2, 0.25) is 0 Å². The Morgan fingerprint density at radius 3 is 2.58 bits per heavy atom. The molecule has 0 fully saturated rings. The third-order valence-corrected chi connectivity index (χ3v) is 2.06. The summed E-state index contributed by atoms with van der Waals surface area (Å²) in [4.78, 5) is 0. The summed E-state index contributed by atoms with van der Waals surface area (Å²) in [6.07, 6.45) is 0. The molecule has 0 aliphatic heterocycles. The molecule has 66 valence electrons. The Balaban J connectivity index is 3.02. The third-order valence-electron chi connectivity index (χ3n) is 1.76. The van der Waals surface area contributed by atoms with Crippen molar-refractivity contribution in [1.82, 2.24) is 0 Å². The Labute approximate surface area is 78.1 Å². The number of hydrogen-bond acceptors (Lipinski definition) is 3. The highest BCUT2D eigenvalue weighted by molar-refractivity contribution is 7.80. The lowest BCUT2D eigenvalue weighted by molar-refractivity contribution is 0.411. The van der Waals surface area contributed by atoms with E-state index in [1.807, 2.05) is 25.1 Å². The van der Waals surface area contributed by atoms with E-state index in [1.54, 1.807) is 7.11 Å². The number of thiol groups is 1. The summed E-state index contributed by atoms with van der Waals surface area (Å²) in [5.41, 5.74) is 7.69. The Morgan fingerprint density at radius 1 is 1.50 bits per heavy atom. The molecule has 0 spiro atoms. The van der Waals surface area contributed by atoms with E-state index in [2.05, 4.69) is 12.6 Å². The van der Waals surface area contributed by atoms with E-state index in [-0.39, 0.29) is 5.37 Å². The van der Waals surface area contributed by atoms with E-state index in [0.29, 0.717) is 0 Å². The number of ether oxygens (including phenoxy) is 1. The van der Waals surface area contributed by atoms with Crippen LogP contribution in [0, 0.1) is 6.92 Å². The van der Waals surface area contributed by atoms with Gasteiger partial charge in [0.15, 0.2) is 0 Å². The van der Waals surface area contributed by atoms with Crippen molar-refractivity contribution in [2.75, 3.05) is 7.11 Å². The Morgan fingerprint density at radius 2 is 2.17 bits per heavy atom. The van der Waals surface area contributed by atoms with Gasteiger partial charge in [-0.15, -0.1) is 0 Å². The summed E-state index contributed by atoms with van der Waals surface area (Å²) < 4.78 is 5.11. The first kappa shape index (κ1) is 9.42. The number of nitrogens with two attached hydrogens (primary N) is 1. The van der Waals surface area contributed by atoms with Gasteiger partial charge in [0, 0.05) is 0 Å². The fraction of sp³-hybridized carbons (Fsp3) is 0.333. The van der Waals surface area contributed by atoms with E-state index >= 15 is 0 Å². The molecule has 0 saturated heterocycles. The molecule has 1 unspecified atom stereocenters. The van der Waals surface area contributed by atoms with Crippen molar-refractivity contribution in [2.45, 2.75) is 12.3 Å². The summed E-state index contributed by atoms with van der Waals surface area (Å²) in [6.45, 7) is 1.98. The topological polar surface area (TPSA) is 35.2 Å². The fourth-order valence-corrected chi connectivity index (χ4v) is 1.25. The van der Waals surface area contributed by atoms with Crippen LogP contribution in [0.25, 0.3) is 0 Å². The molecule has 0 saturated carbocycles. The van der Waals surface area contributed by atoms with Gasteiger partial charge in [0.1, 0.15) is 5.75 Å². The molecule has 2 nitrogen and oxygen atoms in total. The molecule has 0 heterocycles. The smallest absolute Gasteiger partial charge is 0.121 e. The number of hydrogen-bond donors (Lipinski definition) is 2. The number of methoxy groups -OCH3 is 1. The van der Waals surface area contributed by atoms with Gasteiger partial charge in [-0.3, -0.25) is 0 Å². The summed E-state index contributed by atoms with van der Waals surface area (Å²) in [6, 6.07) is 5.81. The molecular formula is C9H13NOS. The molecular weight excluding hydrogens is 170 g/mol. The highest BCUT2D eigenvalue weighted by Gasteiger charge is 2.02. The first-order chi connectivity index (χ1) is 5.65. The van der Waals surface area contributed by atoms with Crippen LogP contribution < -0.4 is 10.5 Å². The molecule has 12 heavy (non-hydrogen) atoms. The minimum atomic E-state index is -0.213. The molecule has 0 aliphatic rings. The van der Waals surface area contributed by atoms with Gasteiger partial charge >= 0.3 is 0 Å². The van der Waals surface area contributed by atoms with E-state index in [9.17, 15) is 0 Å². The zero-order valence-electron chi connectivity index (χ0n) is 7.24. The van der Waals surface area contributed by atoms with Crippen LogP contribution in [-0.2, 0) is 0 Å². The second-order valence-electron chi connectivity index (χ2n) is 2.67. The van der Waals surface area contributed by atoms with Crippen molar-refractivity contribution in [3.05, 3.63) is 29.3 Å². The Kier molecular flexibility index (Phi) is 3.00. The lowest BCUT2D eigenvalue weighted by atomic mass is 10.1. The highest BCUT2D eigenvalue weighted by Crippen LogP contribution is 2.22. The molecule has 2 N–H and O–H groups in total. The molecule has 0 aliphatic carbocycles. The summed E-state index contributed by atoms with van der Waals surface area (Å²) in [7, 11) is 1.66. The second kappa shape index (κ2) is 3.83. The van der Waals surface area contributed by atoms with Crippen LogP contribution in [0.5, 0.6) is 5.75 Å². The van der Waals surface area contributed by atoms with Crippen molar-refractivity contribution in [3.8, 4) is 5.75 Å². The minimum Gasteiger partial charge on any atom is -0.496 e. The van der Waals surface area contributed by atoms with E-state index in [4.69, 9.17) is 10.5 Å². The predicted octanol–water partition coefficient (Wildman–Crippen LogP) is 1.89. The Bertz CT molecular complexity index is 273. The van der Waals surface area contributed by atoms with Gasteiger partial charge in [-0.1, -0.05) is 6.07 Å². The van der Waals surface area contributed by atoms with Crippen LogP contribution in [0.1, 0.15) is 16.5 Å². The van der Waals surface area contributed by atoms with Crippen molar-refractivity contribution in [2.24, 2.45) is 5.73 Å². The number of aryl methyl sites for hydroxylation is 1. The molecule has 0 bridgehead atoms. The zero-order chi connectivity index (χ0) is 9.14. The molecule has 1 aromatic carbocycles. The molecule has 3 heteroatoms. The van der Waals surface area contributed by atoms with Crippen molar-refractivity contribution >= 4 is 12.6 Å². The maximum atomic E-state index is 5.60. The highest BCUT2D eigenvalue weighted by atomic mass is 32.1. The predicted molar refractivity (Wildman–Crippen MR) is 53.6 cm³/mol. The molecule has 0 aromatic heterocycles. The van der Waals surface area contributed by atoms with Gasteiger partial charge in [-0.25, -0.2) is 0 Å². The quantitative estimate of drug-likeness (QED) is 0.542. The lowest BCUT2D eigenvalue weighted by Crippen LogP contribution is -2.02. The van der Waals surface area contributed by atoms with Gasteiger partial charge in [0.25, 0.3) is 0 Å². The summed E-state index contributed by atoms with van der Waals surface area (Å²) in [5.74, 6) is 0.882. The van der Waals surface area contributed by atoms with Crippen molar-refractivity contribution in [1.29, 1.82) is 0 Å². The fourth-order valence-electron chi connectivity index (χ4n) is 1.09. The van der Waals surface area contributed by atoms with Gasteiger partial charge < -0.3 is 10.5 Å². The summed E-state index contributed by atoms with van der Waals surface area (Å²) in [5, 5.41) is -0.213. The second-order valence-corrected chi connectivity index (χ2v) is 3.23. The molecule has 0 radical (unpaired) electrons. The largest absolute Gasteiger partial charge is 0.496 e. The van der Waals surface area contributed by atoms with E-state index < -0.39 is 0 Å². The van der Waals surface area contributed by atoms with E-state index in [0.717, 1.165) is 16.9 Å². The monoisotopic (exact) mass is 183 g/mol. The van der Waals surface area contributed by atoms with Crippen LogP contribution in [0.3, 0.4) is 0 Å². The maximum Gasteiger partial charge on any atom is 0.121 e. The van der Waals surface area contributed by atoms with Crippen LogP contribution in [-0.4, -0.2) is 7.11 Å². The average molecular weight is 183 g/mol. The first-order valence-electron chi connectivity index (χ1n) is 3.73. The average Bonchev–Trinajstić information content (AvgIpc) is 2.04. The number of benzene rings is 1.